The molecule has 0 radical (unpaired) electrons. The molecule has 0 saturated heterocycles. The van der Waals surface area contributed by atoms with Crippen molar-refractivity contribution in [1.82, 2.24) is 24.1 Å². The minimum absolute atomic E-state index is 0.212. The molecule has 0 atom stereocenters. The van der Waals surface area contributed by atoms with E-state index in [1.165, 1.54) is 9.08 Å². The normalized spacial score (nSPS) is 11.4. The molecule has 3 heterocycles. The van der Waals surface area contributed by atoms with Crippen LogP contribution in [0.3, 0.4) is 0 Å². The topological polar surface area (TPSA) is 65.1 Å². The summed E-state index contributed by atoms with van der Waals surface area (Å²) in [5.41, 5.74) is 2.34. The van der Waals surface area contributed by atoms with Crippen LogP contribution in [0, 0.1) is 6.92 Å². The zero-order valence-electron chi connectivity index (χ0n) is 8.88. The summed E-state index contributed by atoms with van der Waals surface area (Å²) in [7, 11) is 1.62. The minimum atomic E-state index is -0.212. The van der Waals surface area contributed by atoms with Gasteiger partial charge < -0.3 is 0 Å². The highest BCUT2D eigenvalue weighted by Gasteiger charge is 2.11. The van der Waals surface area contributed by atoms with Crippen LogP contribution >= 0.6 is 0 Å². The fourth-order valence-corrected chi connectivity index (χ4v) is 1.81. The van der Waals surface area contributed by atoms with Crippen molar-refractivity contribution < 1.29 is 0 Å². The Morgan fingerprint density at radius 1 is 1.38 bits per heavy atom. The molecule has 80 valence electrons. The lowest BCUT2D eigenvalue weighted by molar-refractivity contribution is 0.656. The van der Waals surface area contributed by atoms with Crippen LogP contribution in [0.4, 0.5) is 0 Å². The van der Waals surface area contributed by atoms with Gasteiger partial charge in [0, 0.05) is 13.2 Å². The molecule has 0 N–H and O–H groups in total. The molecule has 0 fully saturated rings. The molecule has 0 unspecified atom stereocenters. The van der Waals surface area contributed by atoms with Crippen LogP contribution < -0.4 is 5.69 Å². The standard InChI is InChI=1S/C10H9N5O/c1-6-9-12-8-7(4-3-5-11-8)15(9)10(16)14(2)13-6/h3-5H,1-2H3. The number of pyridine rings is 1. The van der Waals surface area contributed by atoms with Crippen molar-refractivity contribution in [2.24, 2.45) is 7.05 Å². The molecule has 0 aliphatic carbocycles. The quantitative estimate of drug-likeness (QED) is 0.540. The highest BCUT2D eigenvalue weighted by molar-refractivity contribution is 5.76. The summed E-state index contributed by atoms with van der Waals surface area (Å²) < 4.78 is 2.83. The van der Waals surface area contributed by atoms with Gasteiger partial charge in [0.2, 0.25) is 0 Å². The Morgan fingerprint density at radius 2 is 2.19 bits per heavy atom. The Morgan fingerprint density at radius 3 is 3.00 bits per heavy atom. The molecule has 0 amide bonds. The third-order valence-electron chi connectivity index (χ3n) is 2.52. The second-order valence-corrected chi connectivity index (χ2v) is 3.61. The van der Waals surface area contributed by atoms with Crippen molar-refractivity contribution >= 4 is 16.8 Å². The molecular weight excluding hydrogens is 206 g/mol. The second-order valence-electron chi connectivity index (χ2n) is 3.61. The molecule has 6 heteroatoms. The van der Waals surface area contributed by atoms with Crippen LogP contribution in [0.1, 0.15) is 5.69 Å². The Balaban J connectivity index is 2.71. The number of hydrogen-bond donors (Lipinski definition) is 0. The van der Waals surface area contributed by atoms with Crippen molar-refractivity contribution in [1.29, 1.82) is 0 Å². The summed E-state index contributed by atoms with van der Waals surface area (Å²) in [5.74, 6) is 0. The molecule has 3 aromatic rings. The molecule has 0 aliphatic rings. The maximum atomic E-state index is 12.0. The predicted molar refractivity (Wildman–Crippen MR) is 58.3 cm³/mol. The van der Waals surface area contributed by atoms with E-state index in [0.29, 0.717) is 22.5 Å². The number of aromatic nitrogens is 5. The Bertz CT molecular complexity index is 755. The van der Waals surface area contributed by atoms with E-state index in [0.717, 1.165) is 0 Å². The van der Waals surface area contributed by atoms with E-state index in [4.69, 9.17) is 0 Å². The molecule has 0 aliphatic heterocycles. The predicted octanol–water partition coefficient (Wildman–Crippen LogP) is 0.285. The van der Waals surface area contributed by atoms with Crippen molar-refractivity contribution in [2.75, 3.05) is 0 Å². The molecule has 3 rings (SSSR count). The molecule has 16 heavy (non-hydrogen) atoms. The van der Waals surface area contributed by atoms with E-state index in [9.17, 15) is 4.79 Å². The van der Waals surface area contributed by atoms with Crippen LogP contribution in [0.5, 0.6) is 0 Å². The number of fused-ring (bicyclic) bond motifs is 3. The first-order valence-corrected chi connectivity index (χ1v) is 4.85. The van der Waals surface area contributed by atoms with E-state index in [1.807, 2.05) is 13.0 Å². The van der Waals surface area contributed by atoms with Gasteiger partial charge in [-0.25, -0.2) is 23.8 Å². The van der Waals surface area contributed by atoms with E-state index >= 15 is 0 Å². The SMILES string of the molecule is Cc1nn(C)c(=O)n2c1nc1ncccc12. The maximum absolute atomic E-state index is 12.0. The van der Waals surface area contributed by atoms with Gasteiger partial charge in [-0.2, -0.15) is 5.10 Å². The second kappa shape index (κ2) is 2.88. The van der Waals surface area contributed by atoms with Gasteiger partial charge in [-0.15, -0.1) is 0 Å². The van der Waals surface area contributed by atoms with Gasteiger partial charge in [-0.05, 0) is 19.1 Å². The fraction of sp³-hybridized carbons (Fsp3) is 0.200. The molecule has 0 aromatic carbocycles. The van der Waals surface area contributed by atoms with E-state index in [2.05, 4.69) is 15.1 Å². The maximum Gasteiger partial charge on any atom is 0.350 e. The number of hydrogen-bond acceptors (Lipinski definition) is 4. The van der Waals surface area contributed by atoms with E-state index < -0.39 is 0 Å². The average Bonchev–Trinajstić information content (AvgIpc) is 2.66. The van der Waals surface area contributed by atoms with Gasteiger partial charge in [0.25, 0.3) is 0 Å². The van der Waals surface area contributed by atoms with Crippen molar-refractivity contribution in [3.63, 3.8) is 0 Å². The molecule has 3 aromatic heterocycles. The summed E-state index contributed by atoms with van der Waals surface area (Å²) >= 11 is 0. The summed E-state index contributed by atoms with van der Waals surface area (Å²) in [5, 5.41) is 4.09. The molecule has 0 saturated carbocycles. The number of nitrogens with zero attached hydrogens (tertiary/aromatic N) is 5. The summed E-state index contributed by atoms with van der Waals surface area (Å²) in [6.45, 7) is 1.82. The van der Waals surface area contributed by atoms with Gasteiger partial charge in [0.15, 0.2) is 11.3 Å². The first-order valence-electron chi connectivity index (χ1n) is 4.85. The van der Waals surface area contributed by atoms with Crippen LogP contribution in [0.2, 0.25) is 0 Å². The molecule has 0 bridgehead atoms. The first kappa shape index (κ1) is 9.02. The summed E-state index contributed by atoms with van der Waals surface area (Å²) in [6, 6.07) is 3.61. The fourth-order valence-electron chi connectivity index (χ4n) is 1.81. The van der Waals surface area contributed by atoms with Gasteiger partial charge >= 0.3 is 5.69 Å². The van der Waals surface area contributed by atoms with Gasteiger partial charge in [-0.1, -0.05) is 0 Å². The minimum Gasteiger partial charge on any atom is -0.246 e. The van der Waals surface area contributed by atoms with Crippen LogP contribution in [0.25, 0.3) is 16.8 Å². The zero-order valence-corrected chi connectivity index (χ0v) is 8.88. The molecular formula is C10H9N5O. The summed E-state index contributed by atoms with van der Waals surface area (Å²) in [6.07, 6.45) is 1.65. The first-order chi connectivity index (χ1) is 7.68. The highest BCUT2D eigenvalue weighted by atomic mass is 16.2. The highest BCUT2D eigenvalue weighted by Crippen LogP contribution is 2.12. The lowest BCUT2D eigenvalue weighted by Crippen LogP contribution is -2.27. The van der Waals surface area contributed by atoms with Crippen LogP contribution in [0.15, 0.2) is 23.1 Å². The Kier molecular flexibility index (Phi) is 1.62. The summed E-state index contributed by atoms with van der Waals surface area (Å²) in [4.78, 5) is 20.4. The monoisotopic (exact) mass is 215 g/mol. The van der Waals surface area contributed by atoms with Gasteiger partial charge in [-0.3, -0.25) is 0 Å². The van der Waals surface area contributed by atoms with Crippen molar-refractivity contribution in [2.45, 2.75) is 6.92 Å². The molecule has 6 nitrogen and oxygen atoms in total. The Labute approximate surface area is 90.2 Å². The lowest BCUT2D eigenvalue weighted by Gasteiger charge is -2.00. The number of aryl methyl sites for hydroxylation is 2. The number of imidazole rings is 1. The average molecular weight is 215 g/mol. The third-order valence-corrected chi connectivity index (χ3v) is 2.52. The van der Waals surface area contributed by atoms with Gasteiger partial charge in [0.05, 0.1) is 5.52 Å². The van der Waals surface area contributed by atoms with E-state index in [-0.39, 0.29) is 5.69 Å². The number of rotatable bonds is 0. The van der Waals surface area contributed by atoms with E-state index in [1.54, 1.807) is 19.3 Å². The third kappa shape index (κ3) is 1.01. The van der Waals surface area contributed by atoms with Crippen molar-refractivity contribution in [3.05, 3.63) is 34.5 Å². The van der Waals surface area contributed by atoms with Gasteiger partial charge in [0.1, 0.15) is 5.69 Å². The van der Waals surface area contributed by atoms with Crippen LogP contribution in [-0.4, -0.2) is 24.1 Å². The Hall–Kier alpha value is -2.24. The largest absolute Gasteiger partial charge is 0.350 e. The zero-order chi connectivity index (χ0) is 11.3. The van der Waals surface area contributed by atoms with Crippen LogP contribution in [-0.2, 0) is 7.05 Å². The van der Waals surface area contributed by atoms with Crippen molar-refractivity contribution in [3.8, 4) is 0 Å². The smallest absolute Gasteiger partial charge is 0.246 e. The molecule has 0 spiro atoms. The lowest BCUT2D eigenvalue weighted by atomic mass is 10.4.